The summed E-state index contributed by atoms with van der Waals surface area (Å²) in [5.74, 6) is 0. The molecule has 0 bridgehead atoms. The van der Waals surface area contributed by atoms with E-state index < -0.39 is 67.0 Å². The number of carbonyl (C=O) groups excluding carboxylic acids is 4. The van der Waals surface area contributed by atoms with Crippen molar-refractivity contribution in [1.29, 1.82) is 0 Å². The largest absolute Gasteiger partial charge is 0.443 e. The first-order valence-corrected chi connectivity index (χ1v) is 20.1. The molecular formula is C31H62N4O15S2. The Labute approximate surface area is 309 Å². The Morgan fingerprint density at radius 1 is 0.538 bits per heavy atom. The number of ether oxygens (including phenoxy) is 5. The minimum Gasteiger partial charge on any atom is -0.443 e. The third-order valence-corrected chi connectivity index (χ3v) is 6.03. The fraction of sp³-hybridized carbons (Fsp3) is 0.871. The summed E-state index contributed by atoms with van der Waals surface area (Å²) in [4.78, 5) is 46.7. The molecular weight excluding hydrogens is 732 g/mol. The van der Waals surface area contributed by atoms with Gasteiger partial charge >= 0.3 is 24.4 Å². The molecule has 0 atom stereocenters. The van der Waals surface area contributed by atoms with Gasteiger partial charge in [-0.25, -0.2) is 40.0 Å². The predicted molar refractivity (Wildman–Crippen MR) is 191 cm³/mol. The lowest BCUT2D eigenvalue weighted by molar-refractivity contribution is -0.0572. The van der Waals surface area contributed by atoms with Crippen molar-refractivity contribution < 1.29 is 68.1 Å². The fourth-order valence-corrected chi connectivity index (χ4v) is 4.01. The van der Waals surface area contributed by atoms with Crippen LogP contribution in [0.3, 0.4) is 0 Å². The number of nitrogens with zero attached hydrogens (tertiary/aromatic N) is 2. The molecule has 1 saturated heterocycles. The van der Waals surface area contributed by atoms with Crippen LogP contribution < -0.4 is 10.9 Å². The fourth-order valence-electron chi connectivity index (χ4n) is 3.17. The first-order valence-electron chi connectivity index (χ1n) is 16.5. The monoisotopic (exact) mass is 794 g/mol. The highest BCUT2D eigenvalue weighted by molar-refractivity contribution is 7.86. The van der Waals surface area contributed by atoms with Crippen molar-refractivity contribution in [3.63, 3.8) is 0 Å². The van der Waals surface area contributed by atoms with Gasteiger partial charge in [0.2, 0.25) is 0 Å². The zero-order chi connectivity index (χ0) is 41.2. The molecule has 1 rings (SSSR count). The molecule has 19 nitrogen and oxygen atoms in total. The summed E-state index contributed by atoms with van der Waals surface area (Å²) in [6, 6.07) is 0. The molecule has 0 aromatic rings. The number of rotatable bonds is 8. The molecule has 0 spiro atoms. The van der Waals surface area contributed by atoms with Crippen LogP contribution in [-0.2, 0) is 52.3 Å². The molecule has 1 fully saturated rings. The predicted octanol–water partition coefficient (Wildman–Crippen LogP) is 4.47. The Balaban J connectivity index is 0. The summed E-state index contributed by atoms with van der Waals surface area (Å²) in [7, 11) is -6.73. The van der Waals surface area contributed by atoms with E-state index in [0.29, 0.717) is 32.5 Å². The third-order valence-electron chi connectivity index (χ3n) is 4.84. The maximum atomic E-state index is 12.2. The zero-order valence-electron chi connectivity index (χ0n) is 33.2. The number of carbonyl (C=O) groups is 4. The second kappa shape index (κ2) is 22.2. The van der Waals surface area contributed by atoms with Crippen molar-refractivity contribution in [3.05, 3.63) is 0 Å². The Morgan fingerprint density at radius 2 is 0.827 bits per heavy atom. The van der Waals surface area contributed by atoms with E-state index in [4.69, 9.17) is 23.7 Å². The van der Waals surface area contributed by atoms with Crippen molar-refractivity contribution in [2.45, 2.75) is 125 Å². The molecule has 1 heterocycles. The van der Waals surface area contributed by atoms with Crippen molar-refractivity contribution >= 4 is 44.6 Å². The van der Waals surface area contributed by atoms with Crippen LogP contribution in [0.2, 0.25) is 0 Å². The van der Waals surface area contributed by atoms with Gasteiger partial charge in [0, 0.05) is 0 Å². The minimum atomic E-state index is -3.37. The Bertz CT molecular complexity index is 1230. The first kappa shape index (κ1) is 51.0. The van der Waals surface area contributed by atoms with E-state index >= 15 is 0 Å². The van der Waals surface area contributed by atoms with Gasteiger partial charge in [0.1, 0.15) is 22.4 Å². The average molecular weight is 795 g/mol. The highest BCUT2D eigenvalue weighted by Gasteiger charge is 2.34. The Morgan fingerprint density at radius 3 is 1.08 bits per heavy atom. The third kappa shape index (κ3) is 34.0. The summed E-state index contributed by atoms with van der Waals surface area (Å²) in [5.41, 5.74) is 1.66. The number of hydrogen-bond donors (Lipinski definition) is 2. The quantitative estimate of drug-likeness (QED) is 0.149. The second-order valence-corrected chi connectivity index (χ2v) is 18.5. The van der Waals surface area contributed by atoms with E-state index in [1.165, 1.54) is 10.0 Å². The summed E-state index contributed by atoms with van der Waals surface area (Å²) in [6.07, 6.45) is 1.10. The molecule has 52 heavy (non-hydrogen) atoms. The lowest BCUT2D eigenvalue weighted by Gasteiger charge is -2.34. The van der Waals surface area contributed by atoms with E-state index in [1.54, 1.807) is 83.1 Å². The van der Waals surface area contributed by atoms with E-state index in [-0.39, 0.29) is 26.3 Å². The molecule has 0 aromatic carbocycles. The van der Waals surface area contributed by atoms with Crippen LogP contribution in [0.15, 0.2) is 0 Å². The van der Waals surface area contributed by atoms with Crippen molar-refractivity contribution in [3.8, 4) is 0 Å². The van der Waals surface area contributed by atoms with Gasteiger partial charge in [-0.3, -0.25) is 8.37 Å². The minimum absolute atomic E-state index is 0.123. The number of nitrogens with one attached hydrogen (secondary N) is 2. The van der Waals surface area contributed by atoms with Gasteiger partial charge in [-0.1, -0.05) is 0 Å². The van der Waals surface area contributed by atoms with Gasteiger partial charge < -0.3 is 23.7 Å². The Kier molecular flexibility index (Phi) is 21.7. The summed E-state index contributed by atoms with van der Waals surface area (Å²) in [6.45, 7) is 22.4. The molecule has 2 N–H and O–H groups in total. The number of hydrogen-bond acceptors (Lipinski definition) is 15. The molecule has 0 aliphatic carbocycles. The summed E-state index contributed by atoms with van der Waals surface area (Å²) < 4.78 is 76.8. The van der Waals surface area contributed by atoms with Crippen molar-refractivity contribution in [2.75, 3.05) is 52.0 Å². The van der Waals surface area contributed by atoms with E-state index in [9.17, 15) is 36.0 Å². The molecule has 1 aliphatic heterocycles. The normalized spacial score (nSPS) is 14.3. The zero-order valence-corrected chi connectivity index (χ0v) is 34.8. The molecule has 21 heteroatoms. The molecule has 0 radical (unpaired) electrons. The number of hydrazine groups is 2. The topological polar surface area (TPSA) is 232 Å². The molecule has 1 aliphatic rings. The van der Waals surface area contributed by atoms with Gasteiger partial charge in [-0.05, 0) is 102 Å². The number of unbranched alkanes of at least 4 members (excludes halogenated alkanes) is 2. The Hall–Kier alpha value is -3.14. The molecule has 0 aromatic heterocycles. The molecule has 4 amide bonds. The lowest BCUT2D eigenvalue weighted by Crippen LogP contribution is -2.53. The van der Waals surface area contributed by atoms with Crippen LogP contribution in [0.5, 0.6) is 0 Å². The molecule has 0 unspecified atom stereocenters. The first-order chi connectivity index (χ1) is 23.2. The van der Waals surface area contributed by atoms with Gasteiger partial charge in [0.25, 0.3) is 20.2 Å². The second-order valence-electron chi connectivity index (χ2n) is 15.2. The van der Waals surface area contributed by atoms with Gasteiger partial charge in [0.15, 0.2) is 0 Å². The maximum Gasteiger partial charge on any atom is 0.429 e. The highest BCUT2D eigenvalue weighted by atomic mass is 32.2. The van der Waals surface area contributed by atoms with Crippen LogP contribution in [0.4, 0.5) is 19.2 Å². The summed E-state index contributed by atoms with van der Waals surface area (Å²) >= 11 is 0. The van der Waals surface area contributed by atoms with Crippen LogP contribution >= 0.6 is 0 Å². The number of amides is 4. The highest BCUT2D eigenvalue weighted by Crippen LogP contribution is 2.17. The van der Waals surface area contributed by atoms with Crippen molar-refractivity contribution in [1.82, 2.24) is 20.9 Å². The van der Waals surface area contributed by atoms with Crippen LogP contribution in [0, 0.1) is 0 Å². The van der Waals surface area contributed by atoms with Gasteiger partial charge in [-0.2, -0.15) is 16.8 Å². The average Bonchev–Trinajstić information content (AvgIpc) is 3.14. The van der Waals surface area contributed by atoms with Crippen LogP contribution in [-0.4, -0.2) is 126 Å². The van der Waals surface area contributed by atoms with E-state index in [1.807, 2.05) is 0 Å². The molecule has 308 valence electrons. The lowest BCUT2D eigenvalue weighted by atomic mass is 10.2. The van der Waals surface area contributed by atoms with Crippen LogP contribution in [0.25, 0.3) is 0 Å². The van der Waals surface area contributed by atoms with E-state index in [2.05, 4.69) is 19.2 Å². The standard InChI is InChI=1S/C14H26N2O5.C10H20N2O4.C7H16O6S2/c1-13(2,3)20-11(17)15-7-9-19-10-8-16(15)12(18)21-14(4,5)6;1-9(2,3)15-7(13)11-12-8(14)16-10(4,5)6;1-14(8,9)12-6-4-3-5-7-13-15(2,10)11/h7-10H2,1-6H3;1-6H3,(H,11,13)(H,12,14);3-7H2,1-2H3. The van der Waals surface area contributed by atoms with Gasteiger partial charge in [-0.15, -0.1) is 0 Å². The smallest absolute Gasteiger partial charge is 0.429 e. The van der Waals surface area contributed by atoms with Crippen molar-refractivity contribution in [2.24, 2.45) is 0 Å². The maximum absolute atomic E-state index is 12.2. The van der Waals surface area contributed by atoms with Crippen LogP contribution in [0.1, 0.15) is 102 Å². The SMILES string of the molecule is CC(C)(C)OC(=O)N1CCOCCN1C(=O)OC(C)(C)C.CC(C)(C)OC(=O)NNC(=O)OC(C)(C)C.CS(=O)(=O)OCCCCCOS(C)(=O)=O. The van der Waals surface area contributed by atoms with E-state index in [0.717, 1.165) is 12.5 Å². The molecule has 0 saturated carbocycles. The summed E-state index contributed by atoms with van der Waals surface area (Å²) in [5, 5.41) is 2.48. The van der Waals surface area contributed by atoms with Gasteiger partial charge in [0.05, 0.1) is 52.0 Å².